The molecule has 1 saturated heterocycles. The summed E-state index contributed by atoms with van der Waals surface area (Å²) in [5.74, 6) is -1.07. The molecule has 1 aromatic heterocycles. The second kappa shape index (κ2) is 5.24. The fourth-order valence-electron chi connectivity index (χ4n) is 2.99. The Bertz CT molecular complexity index is 521. The van der Waals surface area contributed by atoms with E-state index < -0.39 is 12.0 Å². The van der Waals surface area contributed by atoms with Crippen molar-refractivity contribution < 1.29 is 14.7 Å². The Morgan fingerprint density at radius 3 is 2.80 bits per heavy atom. The minimum absolute atomic E-state index is 0.0425. The van der Waals surface area contributed by atoms with Crippen LogP contribution < -0.4 is 5.32 Å². The highest BCUT2D eigenvalue weighted by atomic mass is 16.4. The Morgan fingerprint density at radius 2 is 2.10 bits per heavy atom. The first-order chi connectivity index (χ1) is 9.66. The third kappa shape index (κ3) is 2.29. The fourth-order valence-corrected chi connectivity index (χ4v) is 2.99. The van der Waals surface area contributed by atoms with E-state index >= 15 is 0 Å². The van der Waals surface area contributed by atoms with Crippen molar-refractivity contribution >= 4 is 11.9 Å². The van der Waals surface area contributed by atoms with Gasteiger partial charge < -0.3 is 20.3 Å². The zero-order valence-electron chi connectivity index (χ0n) is 11.1. The SMILES string of the molecule is O=C(O)C1Cc2nc[nH]c2CN1C(=O)C1CCNCC1. The number of aromatic amines is 1. The number of carbonyl (C=O) groups excluding carboxylic acids is 1. The van der Waals surface area contributed by atoms with Crippen LogP contribution in [0.1, 0.15) is 24.2 Å². The molecule has 3 N–H and O–H groups in total. The lowest BCUT2D eigenvalue weighted by molar-refractivity contribution is -0.153. The van der Waals surface area contributed by atoms with E-state index in [0.717, 1.165) is 37.3 Å². The number of imidazole rings is 1. The van der Waals surface area contributed by atoms with Crippen molar-refractivity contribution in [2.75, 3.05) is 13.1 Å². The van der Waals surface area contributed by atoms with Gasteiger partial charge in [-0.25, -0.2) is 9.78 Å². The number of H-pyrrole nitrogens is 1. The van der Waals surface area contributed by atoms with E-state index in [9.17, 15) is 14.7 Å². The molecule has 1 atom stereocenters. The second-order valence-corrected chi connectivity index (χ2v) is 5.38. The van der Waals surface area contributed by atoms with Crippen LogP contribution in [0.25, 0.3) is 0 Å². The first kappa shape index (κ1) is 13.1. The van der Waals surface area contributed by atoms with E-state index in [1.807, 2.05) is 0 Å². The summed E-state index contributed by atoms with van der Waals surface area (Å²) in [6.45, 7) is 1.95. The van der Waals surface area contributed by atoms with Crippen molar-refractivity contribution in [3.05, 3.63) is 17.7 Å². The highest BCUT2D eigenvalue weighted by molar-refractivity contribution is 5.85. The van der Waals surface area contributed by atoms with Crippen molar-refractivity contribution in [1.82, 2.24) is 20.2 Å². The summed E-state index contributed by atoms with van der Waals surface area (Å²) < 4.78 is 0. The Hall–Kier alpha value is -1.89. The molecule has 1 amide bonds. The number of nitrogens with zero attached hydrogens (tertiary/aromatic N) is 2. The minimum Gasteiger partial charge on any atom is -0.480 e. The number of hydrogen-bond donors (Lipinski definition) is 3. The van der Waals surface area contributed by atoms with Gasteiger partial charge in [-0.15, -0.1) is 0 Å². The van der Waals surface area contributed by atoms with Crippen molar-refractivity contribution in [3.63, 3.8) is 0 Å². The summed E-state index contributed by atoms with van der Waals surface area (Å²) in [6.07, 6.45) is 3.39. The second-order valence-electron chi connectivity index (χ2n) is 5.38. The lowest BCUT2D eigenvalue weighted by Gasteiger charge is -2.35. The normalized spacial score (nSPS) is 23.4. The van der Waals surface area contributed by atoms with Crippen molar-refractivity contribution in [3.8, 4) is 0 Å². The van der Waals surface area contributed by atoms with Crippen molar-refractivity contribution in [2.24, 2.45) is 5.92 Å². The van der Waals surface area contributed by atoms with Gasteiger partial charge in [0.15, 0.2) is 0 Å². The van der Waals surface area contributed by atoms with Gasteiger partial charge in [0.2, 0.25) is 5.91 Å². The standard InChI is InChI=1S/C13H18N4O3/c18-12(8-1-3-14-4-2-8)17-6-10-9(15-7-16-10)5-11(17)13(19)20/h7-8,11,14H,1-6H2,(H,15,16)(H,19,20). The first-order valence-electron chi connectivity index (χ1n) is 6.92. The topological polar surface area (TPSA) is 98.3 Å². The third-order valence-corrected chi connectivity index (χ3v) is 4.16. The molecular weight excluding hydrogens is 260 g/mol. The molecule has 2 aliphatic heterocycles. The van der Waals surface area contributed by atoms with Gasteiger partial charge in [-0.2, -0.15) is 0 Å². The summed E-state index contributed by atoms with van der Waals surface area (Å²) in [6, 6.07) is -0.798. The number of piperidine rings is 1. The minimum atomic E-state index is -0.957. The zero-order valence-corrected chi connectivity index (χ0v) is 11.1. The smallest absolute Gasteiger partial charge is 0.326 e. The van der Waals surface area contributed by atoms with Crippen LogP contribution in [0.4, 0.5) is 0 Å². The summed E-state index contributed by atoms with van der Waals surface area (Å²) in [5.41, 5.74) is 1.61. The van der Waals surface area contributed by atoms with Gasteiger partial charge in [-0.3, -0.25) is 4.79 Å². The number of nitrogens with one attached hydrogen (secondary N) is 2. The molecule has 0 spiro atoms. The van der Waals surface area contributed by atoms with Gasteiger partial charge in [-0.05, 0) is 25.9 Å². The van der Waals surface area contributed by atoms with Gasteiger partial charge in [0, 0.05) is 12.3 Å². The predicted octanol–water partition coefficient (Wildman–Crippen LogP) is -0.253. The maximum Gasteiger partial charge on any atom is 0.326 e. The van der Waals surface area contributed by atoms with Crippen LogP contribution in [0.5, 0.6) is 0 Å². The largest absolute Gasteiger partial charge is 0.480 e. The van der Waals surface area contributed by atoms with Crippen LogP contribution in [-0.4, -0.2) is 51.0 Å². The zero-order chi connectivity index (χ0) is 14.1. The molecular formula is C13H18N4O3. The first-order valence-corrected chi connectivity index (χ1v) is 6.92. The number of hydrogen-bond acceptors (Lipinski definition) is 4. The molecule has 108 valence electrons. The molecule has 0 aromatic carbocycles. The molecule has 3 heterocycles. The number of carboxylic acid groups (broad SMARTS) is 1. The van der Waals surface area contributed by atoms with E-state index in [1.165, 1.54) is 4.90 Å². The van der Waals surface area contributed by atoms with Crippen LogP contribution in [0, 0.1) is 5.92 Å². The predicted molar refractivity (Wildman–Crippen MR) is 69.9 cm³/mol. The van der Waals surface area contributed by atoms with Gasteiger partial charge in [-0.1, -0.05) is 0 Å². The Morgan fingerprint density at radius 1 is 1.35 bits per heavy atom. The lowest BCUT2D eigenvalue weighted by atomic mass is 9.93. The summed E-state index contributed by atoms with van der Waals surface area (Å²) in [7, 11) is 0. The molecule has 0 aliphatic carbocycles. The summed E-state index contributed by atoms with van der Waals surface area (Å²) in [4.78, 5) is 32.7. The molecule has 3 rings (SSSR count). The number of carboxylic acids is 1. The molecule has 7 heteroatoms. The van der Waals surface area contributed by atoms with Crippen molar-refractivity contribution in [1.29, 1.82) is 0 Å². The van der Waals surface area contributed by atoms with Gasteiger partial charge in [0.1, 0.15) is 6.04 Å². The number of amides is 1. The monoisotopic (exact) mass is 278 g/mol. The Balaban J connectivity index is 1.82. The van der Waals surface area contributed by atoms with Gasteiger partial charge >= 0.3 is 5.97 Å². The van der Waals surface area contributed by atoms with Crippen LogP contribution in [0.3, 0.4) is 0 Å². The number of rotatable bonds is 2. The van der Waals surface area contributed by atoms with E-state index in [4.69, 9.17) is 0 Å². The number of aromatic nitrogens is 2. The quantitative estimate of drug-likeness (QED) is 0.693. The molecule has 2 aliphatic rings. The van der Waals surface area contributed by atoms with Crippen LogP contribution in [0.15, 0.2) is 6.33 Å². The van der Waals surface area contributed by atoms with Crippen molar-refractivity contribution in [2.45, 2.75) is 31.8 Å². The Labute approximate surface area is 116 Å². The Kier molecular flexibility index (Phi) is 3.43. The van der Waals surface area contributed by atoms with E-state index in [-0.39, 0.29) is 18.2 Å². The third-order valence-electron chi connectivity index (χ3n) is 4.16. The van der Waals surface area contributed by atoms with Crippen LogP contribution >= 0.6 is 0 Å². The molecule has 7 nitrogen and oxygen atoms in total. The molecule has 1 fully saturated rings. The molecule has 0 saturated carbocycles. The average molecular weight is 278 g/mol. The summed E-state index contributed by atoms with van der Waals surface area (Å²) in [5, 5.41) is 12.6. The summed E-state index contributed by atoms with van der Waals surface area (Å²) >= 11 is 0. The molecule has 0 radical (unpaired) electrons. The van der Waals surface area contributed by atoms with Gasteiger partial charge in [0.25, 0.3) is 0 Å². The van der Waals surface area contributed by atoms with E-state index in [1.54, 1.807) is 6.33 Å². The average Bonchev–Trinajstić information content (AvgIpc) is 2.93. The molecule has 20 heavy (non-hydrogen) atoms. The molecule has 0 bridgehead atoms. The van der Waals surface area contributed by atoms with Crippen LogP contribution in [-0.2, 0) is 22.6 Å². The van der Waals surface area contributed by atoms with Gasteiger partial charge in [0.05, 0.1) is 24.3 Å². The number of aliphatic carboxylic acids is 1. The maximum absolute atomic E-state index is 12.6. The maximum atomic E-state index is 12.6. The number of carbonyl (C=O) groups is 2. The fraction of sp³-hybridized carbons (Fsp3) is 0.615. The highest BCUT2D eigenvalue weighted by Gasteiger charge is 2.38. The highest BCUT2D eigenvalue weighted by Crippen LogP contribution is 2.25. The van der Waals surface area contributed by atoms with E-state index in [0.29, 0.717) is 6.54 Å². The van der Waals surface area contributed by atoms with Crippen LogP contribution in [0.2, 0.25) is 0 Å². The molecule has 1 unspecified atom stereocenters. The number of fused-ring (bicyclic) bond motifs is 1. The molecule has 1 aromatic rings. The van der Waals surface area contributed by atoms with E-state index in [2.05, 4.69) is 15.3 Å². The lowest BCUT2D eigenvalue weighted by Crippen LogP contribution is -2.51.